The van der Waals surface area contributed by atoms with Crippen LogP contribution in [-0.2, 0) is 6.42 Å². The molecule has 5 nitrogen and oxygen atoms in total. The number of nitrogens with zero attached hydrogens (tertiary/aromatic N) is 3. The standard InChI is InChI=1S/C23H26N4OS/c1-2-18(14-16-7-8-20-17(13-16)15-22(28)24-20)26-9-11-27(12-10-26)23-19-5-3-4-6-21(19)29-25-23/h3-8,13,15,18,24,28H,2,9-12,14H2,1H3. The maximum atomic E-state index is 9.68. The minimum Gasteiger partial charge on any atom is -0.495 e. The predicted molar refractivity (Wildman–Crippen MR) is 121 cm³/mol. The molecule has 1 saturated heterocycles. The SMILES string of the molecule is CCC(Cc1ccc2[nH]c(O)cc2c1)N1CCN(c2nsc3ccccc23)CC1. The van der Waals surface area contributed by atoms with Crippen molar-refractivity contribution in [2.75, 3.05) is 31.1 Å². The van der Waals surface area contributed by atoms with Gasteiger partial charge in [0.1, 0.15) is 5.82 Å². The molecular formula is C23H26N4OS. The third-order valence-corrected chi connectivity index (χ3v) is 6.92. The van der Waals surface area contributed by atoms with Crippen LogP contribution in [0, 0.1) is 0 Å². The van der Waals surface area contributed by atoms with Crippen LogP contribution in [0.2, 0.25) is 0 Å². The Morgan fingerprint density at radius 1 is 1.10 bits per heavy atom. The van der Waals surface area contributed by atoms with E-state index in [0.29, 0.717) is 6.04 Å². The number of hydrogen-bond donors (Lipinski definition) is 2. The second kappa shape index (κ2) is 7.69. The number of nitrogens with one attached hydrogen (secondary N) is 1. The van der Waals surface area contributed by atoms with Crippen LogP contribution in [0.5, 0.6) is 5.88 Å². The Hall–Kier alpha value is -2.57. The average Bonchev–Trinajstić information content (AvgIpc) is 3.34. The van der Waals surface area contributed by atoms with E-state index in [1.807, 2.05) is 0 Å². The Bertz CT molecular complexity index is 1130. The predicted octanol–water partition coefficient (Wildman–Crippen LogP) is 4.63. The number of aromatic nitrogens is 2. The van der Waals surface area contributed by atoms with E-state index in [1.165, 1.54) is 15.6 Å². The summed E-state index contributed by atoms with van der Waals surface area (Å²) in [6.07, 6.45) is 2.17. The molecule has 4 aromatic rings. The second-order valence-corrected chi connectivity index (χ2v) is 8.67. The summed E-state index contributed by atoms with van der Waals surface area (Å²) >= 11 is 1.60. The Balaban J connectivity index is 1.27. The first kappa shape index (κ1) is 18.5. The van der Waals surface area contributed by atoms with Crippen LogP contribution in [0.25, 0.3) is 21.0 Å². The number of aromatic hydroxyl groups is 1. The highest BCUT2D eigenvalue weighted by Gasteiger charge is 2.25. The number of rotatable bonds is 5. The Kier molecular flexibility index (Phi) is 4.89. The molecule has 1 aliphatic rings. The third-order valence-electron chi connectivity index (χ3n) is 6.10. The summed E-state index contributed by atoms with van der Waals surface area (Å²) in [6, 6.07) is 17.3. The van der Waals surface area contributed by atoms with Gasteiger partial charge in [0.2, 0.25) is 0 Å². The number of anilines is 1. The maximum absolute atomic E-state index is 9.68. The van der Waals surface area contributed by atoms with Gasteiger partial charge >= 0.3 is 0 Å². The molecule has 0 saturated carbocycles. The lowest BCUT2D eigenvalue weighted by atomic mass is 10.0. The first-order chi connectivity index (χ1) is 14.2. The fourth-order valence-corrected chi connectivity index (χ4v) is 5.29. The van der Waals surface area contributed by atoms with Crippen molar-refractivity contribution < 1.29 is 5.11 Å². The molecule has 1 fully saturated rings. The second-order valence-electron chi connectivity index (χ2n) is 7.87. The monoisotopic (exact) mass is 406 g/mol. The number of piperazine rings is 1. The van der Waals surface area contributed by atoms with Gasteiger partial charge in [-0.15, -0.1) is 0 Å². The van der Waals surface area contributed by atoms with E-state index in [0.717, 1.165) is 55.7 Å². The van der Waals surface area contributed by atoms with E-state index in [9.17, 15) is 5.11 Å². The largest absolute Gasteiger partial charge is 0.495 e. The van der Waals surface area contributed by atoms with Crippen LogP contribution < -0.4 is 4.90 Å². The molecule has 0 bridgehead atoms. The molecule has 0 spiro atoms. The molecule has 5 rings (SSSR count). The van der Waals surface area contributed by atoms with E-state index < -0.39 is 0 Å². The molecule has 0 aliphatic carbocycles. The first-order valence-corrected chi connectivity index (χ1v) is 11.1. The van der Waals surface area contributed by atoms with Gasteiger partial charge in [-0.25, -0.2) is 0 Å². The zero-order chi connectivity index (χ0) is 19.8. The van der Waals surface area contributed by atoms with Crippen LogP contribution in [0.4, 0.5) is 5.82 Å². The Labute approximate surface area is 174 Å². The number of benzene rings is 2. The lowest BCUT2D eigenvalue weighted by Gasteiger charge is -2.39. The minimum atomic E-state index is 0.231. The van der Waals surface area contributed by atoms with Crippen molar-refractivity contribution in [3.8, 4) is 5.88 Å². The fourth-order valence-electron chi connectivity index (χ4n) is 4.50. The molecule has 2 aromatic heterocycles. The molecule has 2 N–H and O–H groups in total. The van der Waals surface area contributed by atoms with E-state index in [1.54, 1.807) is 17.6 Å². The molecule has 0 amide bonds. The molecule has 3 heterocycles. The normalized spacial score (nSPS) is 16.7. The quantitative estimate of drug-likeness (QED) is 0.508. The van der Waals surface area contributed by atoms with E-state index >= 15 is 0 Å². The van der Waals surface area contributed by atoms with Crippen LogP contribution in [-0.4, -0.2) is 51.6 Å². The Morgan fingerprint density at radius 3 is 2.76 bits per heavy atom. The summed E-state index contributed by atoms with van der Waals surface area (Å²) in [7, 11) is 0. The van der Waals surface area contributed by atoms with Gasteiger partial charge in [-0.2, -0.15) is 4.37 Å². The van der Waals surface area contributed by atoms with Crippen LogP contribution in [0.3, 0.4) is 0 Å². The molecule has 1 atom stereocenters. The maximum Gasteiger partial charge on any atom is 0.189 e. The van der Waals surface area contributed by atoms with Crippen molar-refractivity contribution >= 4 is 38.3 Å². The molecule has 150 valence electrons. The van der Waals surface area contributed by atoms with Crippen LogP contribution >= 0.6 is 11.5 Å². The van der Waals surface area contributed by atoms with Gasteiger partial charge in [-0.3, -0.25) is 4.90 Å². The smallest absolute Gasteiger partial charge is 0.189 e. The zero-order valence-electron chi connectivity index (χ0n) is 16.6. The lowest BCUT2D eigenvalue weighted by molar-refractivity contribution is 0.179. The highest BCUT2D eigenvalue weighted by atomic mass is 32.1. The van der Waals surface area contributed by atoms with Crippen molar-refractivity contribution in [1.82, 2.24) is 14.3 Å². The number of H-pyrrole nitrogens is 1. The summed E-state index contributed by atoms with van der Waals surface area (Å²) in [6.45, 7) is 6.46. The van der Waals surface area contributed by atoms with Crippen molar-refractivity contribution in [2.24, 2.45) is 0 Å². The summed E-state index contributed by atoms with van der Waals surface area (Å²) in [5.74, 6) is 1.38. The van der Waals surface area contributed by atoms with Gasteiger partial charge in [0, 0.05) is 54.6 Å². The molecular weight excluding hydrogens is 380 g/mol. The summed E-state index contributed by atoms with van der Waals surface area (Å²) in [5.41, 5.74) is 2.32. The van der Waals surface area contributed by atoms with Gasteiger partial charge < -0.3 is 15.0 Å². The molecule has 6 heteroatoms. The summed E-state index contributed by atoms with van der Waals surface area (Å²) in [5, 5.41) is 12.0. The van der Waals surface area contributed by atoms with E-state index in [2.05, 4.69) is 64.2 Å². The van der Waals surface area contributed by atoms with Crippen molar-refractivity contribution in [2.45, 2.75) is 25.8 Å². The number of hydrogen-bond acceptors (Lipinski definition) is 5. The molecule has 1 unspecified atom stereocenters. The van der Waals surface area contributed by atoms with Crippen LogP contribution in [0.15, 0.2) is 48.5 Å². The topological polar surface area (TPSA) is 55.4 Å². The van der Waals surface area contributed by atoms with E-state index in [-0.39, 0.29) is 5.88 Å². The number of fused-ring (bicyclic) bond motifs is 2. The average molecular weight is 407 g/mol. The highest BCUT2D eigenvalue weighted by molar-refractivity contribution is 7.13. The highest BCUT2D eigenvalue weighted by Crippen LogP contribution is 2.30. The Morgan fingerprint density at radius 2 is 1.93 bits per heavy atom. The summed E-state index contributed by atoms with van der Waals surface area (Å²) < 4.78 is 6.00. The zero-order valence-corrected chi connectivity index (χ0v) is 17.5. The molecule has 2 aromatic carbocycles. The van der Waals surface area contributed by atoms with Crippen molar-refractivity contribution in [1.29, 1.82) is 0 Å². The van der Waals surface area contributed by atoms with Gasteiger partial charge in [0.25, 0.3) is 0 Å². The molecule has 29 heavy (non-hydrogen) atoms. The van der Waals surface area contributed by atoms with Gasteiger partial charge in [0.05, 0.1) is 4.70 Å². The van der Waals surface area contributed by atoms with Gasteiger partial charge in [-0.05, 0) is 54.2 Å². The van der Waals surface area contributed by atoms with Gasteiger partial charge in [-0.1, -0.05) is 25.1 Å². The lowest BCUT2D eigenvalue weighted by Crippen LogP contribution is -2.51. The van der Waals surface area contributed by atoms with Crippen molar-refractivity contribution in [3.63, 3.8) is 0 Å². The van der Waals surface area contributed by atoms with Crippen LogP contribution in [0.1, 0.15) is 18.9 Å². The first-order valence-electron chi connectivity index (χ1n) is 10.4. The molecule has 0 radical (unpaired) electrons. The number of aromatic amines is 1. The van der Waals surface area contributed by atoms with Gasteiger partial charge in [0.15, 0.2) is 5.88 Å². The minimum absolute atomic E-state index is 0.231. The van der Waals surface area contributed by atoms with E-state index in [4.69, 9.17) is 4.37 Å². The van der Waals surface area contributed by atoms with Crippen molar-refractivity contribution in [3.05, 3.63) is 54.1 Å². The summed E-state index contributed by atoms with van der Waals surface area (Å²) in [4.78, 5) is 8.05. The fraction of sp³-hybridized carbons (Fsp3) is 0.348. The third kappa shape index (κ3) is 3.58. The molecule has 1 aliphatic heterocycles.